The molecule has 1 atom stereocenters. The molecule has 1 saturated heterocycles. The lowest BCUT2D eigenvalue weighted by molar-refractivity contribution is -0.123. The van der Waals surface area contributed by atoms with E-state index in [2.05, 4.69) is 15.6 Å². The minimum absolute atomic E-state index is 0.152. The number of carbonyl (C=O) groups excluding carboxylic acids is 1. The van der Waals surface area contributed by atoms with Crippen LogP contribution in [0, 0.1) is 0 Å². The monoisotopic (exact) mass is 237 g/mol. The second-order valence-electron chi connectivity index (χ2n) is 3.76. The number of nitrogens with one attached hydrogen (secondary N) is 2. The van der Waals surface area contributed by atoms with E-state index in [1.54, 1.807) is 20.0 Å². The zero-order valence-corrected chi connectivity index (χ0v) is 9.80. The van der Waals surface area contributed by atoms with Crippen molar-refractivity contribution in [3.05, 3.63) is 34.9 Å². The van der Waals surface area contributed by atoms with Crippen molar-refractivity contribution >= 4 is 23.5 Å². The maximum Gasteiger partial charge on any atom is 0.256 e. The Kier molecular flexibility index (Phi) is 2.59. The summed E-state index contributed by atoms with van der Waals surface area (Å²) in [5.41, 5.74) is -0.111. The second kappa shape index (κ2) is 3.79. The molecule has 0 aliphatic carbocycles. The highest BCUT2D eigenvalue weighted by atomic mass is 35.5. The number of rotatable bonds is 1. The molecule has 1 amide bonds. The second-order valence-corrected chi connectivity index (χ2v) is 4.16. The van der Waals surface area contributed by atoms with E-state index in [1.165, 1.54) is 0 Å². The Labute approximate surface area is 98.7 Å². The average molecular weight is 238 g/mol. The third-order valence-corrected chi connectivity index (χ3v) is 3.02. The van der Waals surface area contributed by atoms with Crippen molar-refractivity contribution in [2.24, 2.45) is 4.99 Å². The van der Waals surface area contributed by atoms with Gasteiger partial charge in [0.15, 0.2) is 5.96 Å². The average Bonchev–Trinajstić information content (AvgIpc) is 2.56. The predicted molar refractivity (Wildman–Crippen MR) is 63.4 cm³/mol. The lowest BCUT2D eigenvalue weighted by Gasteiger charge is -2.22. The minimum atomic E-state index is -0.854. The Bertz CT molecular complexity index is 472. The highest BCUT2D eigenvalue weighted by Gasteiger charge is 2.43. The van der Waals surface area contributed by atoms with Gasteiger partial charge in [-0.15, -0.1) is 0 Å². The first-order chi connectivity index (χ1) is 7.58. The Morgan fingerprint density at radius 1 is 1.38 bits per heavy atom. The molecule has 0 radical (unpaired) electrons. The van der Waals surface area contributed by atoms with Crippen LogP contribution in [0.2, 0.25) is 5.02 Å². The van der Waals surface area contributed by atoms with E-state index in [9.17, 15) is 4.79 Å². The van der Waals surface area contributed by atoms with Crippen molar-refractivity contribution in [3.63, 3.8) is 0 Å². The molecule has 84 valence electrons. The number of amides is 1. The molecule has 4 nitrogen and oxygen atoms in total. The van der Waals surface area contributed by atoms with E-state index in [1.807, 2.05) is 18.2 Å². The standard InChI is InChI=1S/C11H12ClN3O/c1-11(7-5-3-4-6-8(7)12)9(16)14-10(13-2)15-11/h3-6H,1-2H3,(H2,13,14,15,16). The molecule has 1 aliphatic rings. The number of guanidine groups is 1. The van der Waals surface area contributed by atoms with Gasteiger partial charge >= 0.3 is 0 Å². The van der Waals surface area contributed by atoms with Crippen molar-refractivity contribution in [3.8, 4) is 0 Å². The molecule has 1 fully saturated rings. The molecular formula is C11H12ClN3O. The summed E-state index contributed by atoms with van der Waals surface area (Å²) in [5, 5.41) is 6.25. The van der Waals surface area contributed by atoms with E-state index in [4.69, 9.17) is 11.6 Å². The number of carbonyl (C=O) groups is 1. The topological polar surface area (TPSA) is 53.5 Å². The van der Waals surface area contributed by atoms with Crippen LogP contribution >= 0.6 is 11.6 Å². The first-order valence-corrected chi connectivity index (χ1v) is 5.27. The SMILES string of the molecule is CN=C1NC(=O)C(C)(c2ccccc2Cl)N1. The number of benzene rings is 1. The maximum atomic E-state index is 11.9. The first-order valence-electron chi connectivity index (χ1n) is 4.89. The van der Waals surface area contributed by atoms with Gasteiger partial charge in [0.25, 0.3) is 5.91 Å². The van der Waals surface area contributed by atoms with Crippen molar-refractivity contribution in [2.75, 3.05) is 7.05 Å². The molecule has 2 N–H and O–H groups in total. The Morgan fingerprint density at radius 2 is 2.06 bits per heavy atom. The molecule has 1 aliphatic heterocycles. The van der Waals surface area contributed by atoms with Gasteiger partial charge in [0.05, 0.1) is 0 Å². The third-order valence-electron chi connectivity index (χ3n) is 2.69. The largest absolute Gasteiger partial charge is 0.338 e. The van der Waals surface area contributed by atoms with E-state index >= 15 is 0 Å². The molecule has 0 saturated carbocycles. The summed E-state index contributed by atoms with van der Waals surface area (Å²) < 4.78 is 0. The highest BCUT2D eigenvalue weighted by molar-refractivity contribution is 6.32. The number of halogens is 1. The maximum absolute atomic E-state index is 11.9. The van der Waals surface area contributed by atoms with Gasteiger partial charge in [-0.3, -0.25) is 15.1 Å². The lowest BCUT2D eigenvalue weighted by Crippen LogP contribution is -2.40. The van der Waals surface area contributed by atoms with Gasteiger partial charge in [-0.25, -0.2) is 0 Å². The molecule has 1 heterocycles. The van der Waals surface area contributed by atoms with Gasteiger partial charge in [-0.1, -0.05) is 29.8 Å². The van der Waals surface area contributed by atoms with Crippen molar-refractivity contribution < 1.29 is 4.79 Å². The van der Waals surface area contributed by atoms with Crippen molar-refractivity contribution in [1.82, 2.24) is 10.6 Å². The lowest BCUT2D eigenvalue weighted by atomic mass is 9.92. The van der Waals surface area contributed by atoms with Crippen molar-refractivity contribution in [2.45, 2.75) is 12.5 Å². The van der Waals surface area contributed by atoms with Crippen LogP contribution in [-0.4, -0.2) is 18.9 Å². The highest BCUT2D eigenvalue weighted by Crippen LogP contribution is 2.30. The smallest absolute Gasteiger partial charge is 0.256 e. The Morgan fingerprint density at radius 3 is 2.62 bits per heavy atom. The summed E-state index contributed by atoms with van der Waals surface area (Å²) in [6.45, 7) is 1.78. The van der Waals surface area contributed by atoms with Crippen LogP contribution in [0.4, 0.5) is 0 Å². The number of hydrogen-bond acceptors (Lipinski definition) is 2. The molecule has 0 spiro atoms. The van der Waals surface area contributed by atoms with Crippen LogP contribution in [0.15, 0.2) is 29.3 Å². The molecule has 2 rings (SSSR count). The molecular weight excluding hydrogens is 226 g/mol. The summed E-state index contributed by atoms with van der Waals surface area (Å²) >= 11 is 6.09. The summed E-state index contributed by atoms with van der Waals surface area (Å²) in [7, 11) is 1.61. The number of hydrogen-bond donors (Lipinski definition) is 2. The molecule has 1 aromatic rings. The van der Waals surface area contributed by atoms with Gasteiger partial charge in [0, 0.05) is 17.6 Å². The third kappa shape index (κ3) is 1.55. The fourth-order valence-corrected chi connectivity index (χ4v) is 2.05. The summed E-state index contributed by atoms with van der Waals surface area (Å²) in [4.78, 5) is 15.8. The molecule has 16 heavy (non-hydrogen) atoms. The van der Waals surface area contributed by atoms with Crippen LogP contribution < -0.4 is 10.6 Å². The number of aliphatic imine (C=N–C) groups is 1. The molecule has 0 bridgehead atoms. The van der Waals surface area contributed by atoms with Gasteiger partial charge < -0.3 is 5.32 Å². The van der Waals surface area contributed by atoms with Crippen molar-refractivity contribution in [1.29, 1.82) is 0 Å². The van der Waals surface area contributed by atoms with Crippen LogP contribution in [0.1, 0.15) is 12.5 Å². The Hall–Kier alpha value is -1.55. The van der Waals surface area contributed by atoms with Gasteiger partial charge in [-0.05, 0) is 13.0 Å². The molecule has 5 heteroatoms. The fourth-order valence-electron chi connectivity index (χ4n) is 1.73. The normalized spacial score (nSPS) is 26.7. The van der Waals surface area contributed by atoms with Crippen LogP contribution in [0.25, 0.3) is 0 Å². The molecule has 1 aromatic carbocycles. The van der Waals surface area contributed by atoms with Gasteiger partial charge in [-0.2, -0.15) is 0 Å². The number of nitrogens with zero attached hydrogens (tertiary/aromatic N) is 1. The fraction of sp³-hybridized carbons (Fsp3) is 0.273. The molecule has 1 unspecified atom stereocenters. The van der Waals surface area contributed by atoms with E-state index in [-0.39, 0.29) is 5.91 Å². The van der Waals surface area contributed by atoms with Crippen LogP contribution in [-0.2, 0) is 10.3 Å². The van der Waals surface area contributed by atoms with Crippen LogP contribution in [0.3, 0.4) is 0 Å². The minimum Gasteiger partial charge on any atom is -0.338 e. The van der Waals surface area contributed by atoms with E-state index in [0.29, 0.717) is 11.0 Å². The zero-order valence-electron chi connectivity index (χ0n) is 9.04. The zero-order chi connectivity index (χ0) is 11.8. The summed E-state index contributed by atoms with van der Waals surface area (Å²) in [6, 6.07) is 7.27. The van der Waals surface area contributed by atoms with E-state index in [0.717, 1.165) is 5.56 Å². The van der Waals surface area contributed by atoms with Gasteiger partial charge in [0.2, 0.25) is 0 Å². The van der Waals surface area contributed by atoms with E-state index < -0.39 is 5.54 Å². The Balaban J connectivity index is 2.48. The quantitative estimate of drug-likeness (QED) is 0.773. The summed E-state index contributed by atoms with van der Waals surface area (Å²) in [6.07, 6.45) is 0. The molecule has 0 aromatic heterocycles. The van der Waals surface area contributed by atoms with Gasteiger partial charge in [0.1, 0.15) is 5.54 Å². The first kappa shape index (κ1) is 11.0. The van der Waals surface area contributed by atoms with Crippen LogP contribution in [0.5, 0.6) is 0 Å². The summed E-state index contributed by atoms with van der Waals surface area (Å²) in [5.74, 6) is 0.314. The predicted octanol–water partition coefficient (Wildman–Crippen LogP) is 1.26.